The molecule has 0 N–H and O–H groups in total. The van der Waals surface area contributed by atoms with Crippen LogP contribution in [0.4, 0.5) is 5.69 Å². The molecule has 1 aromatic heterocycles. The van der Waals surface area contributed by atoms with Crippen molar-refractivity contribution in [2.75, 3.05) is 12.0 Å². The van der Waals surface area contributed by atoms with Gasteiger partial charge in [-0.05, 0) is 66.2 Å². The van der Waals surface area contributed by atoms with Gasteiger partial charge in [-0.3, -0.25) is 14.5 Å². The molecule has 0 spiro atoms. The molecule has 6 rings (SSSR count). The Hall–Kier alpha value is -4.07. The zero-order valence-electron chi connectivity index (χ0n) is 20.0. The summed E-state index contributed by atoms with van der Waals surface area (Å²) in [6.45, 7) is 0. The average molecular weight is 589 g/mol. The Morgan fingerprint density at radius 1 is 0.895 bits per heavy atom. The van der Waals surface area contributed by atoms with E-state index < -0.39 is 11.9 Å². The predicted molar refractivity (Wildman–Crippen MR) is 150 cm³/mol. The van der Waals surface area contributed by atoms with Crippen LogP contribution in [0.5, 0.6) is 17.2 Å². The molecule has 1 aliphatic heterocycles. The van der Waals surface area contributed by atoms with Crippen molar-refractivity contribution in [2.24, 2.45) is 0 Å². The van der Waals surface area contributed by atoms with E-state index in [2.05, 4.69) is 15.9 Å². The molecule has 0 saturated heterocycles. The van der Waals surface area contributed by atoms with E-state index in [-0.39, 0.29) is 16.8 Å². The monoisotopic (exact) mass is 587 g/mol. The van der Waals surface area contributed by atoms with Gasteiger partial charge in [-0.15, -0.1) is 0 Å². The van der Waals surface area contributed by atoms with E-state index >= 15 is 0 Å². The lowest BCUT2D eigenvalue weighted by Crippen LogP contribution is -2.29. The number of carbonyl (C=O) groups is 1. The lowest BCUT2D eigenvalue weighted by molar-refractivity contribution is 0.0971. The zero-order valence-corrected chi connectivity index (χ0v) is 22.3. The maximum atomic E-state index is 13.9. The number of ether oxygens (including phenoxy) is 2. The molecular formula is C30H19BrClNO5. The van der Waals surface area contributed by atoms with Crippen LogP contribution < -0.4 is 19.8 Å². The van der Waals surface area contributed by atoms with Crippen molar-refractivity contribution in [3.05, 3.63) is 128 Å². The second-order valence-electron chi connectivity index (χ2n) is 8.70. The van der Waals surface area contributed by atoms with E-state index in [1.54, 1.807) is 36.4 Å². The average Bonchev–Trinajstić information content (AvgIpc) is 3.22. The molecule has 6 nitrogen and oxygen atoms in total. The van der Waals surface area contributed by atoms with Crippen molar-refractivity contribution in [1.82, 2.24) is 0 Å². The van der Waals surface area contributed by atoms with Gasteiger partial charge in [-0.25, -0.2) is 0 Å². The van der Waals surface area contributed by atoms with Crippen molar-refractivity contribution < 1.29 is 18.7 Å². The number of halogens is 2. The molecule has 5 aromatic rings. The fourth-order valence-corrected chi connectivity index (χ4v) is 5.32. The van der Waals surface area contributed by atoms with Gasteiger partial charge in [0.05, 0.1) is 29.1 Å². The van der Waals surface area contributed by atoms with Gasteiger partial charge >= 0.3 is 0 Å². The van der Waals surface area contributed by atoms with Crippen LogP contribution in [0.15, 0.2) is 105 Å². The fraction of sp³-hybridized carbons (Fsp3) is 0.0667. The smallest absolute Gasteiger partial charge is 0.295 e. The summed E-state index contributed by atoms with van der Waals surface area (Å²) >= 11 is 9.87. The van der Waals surface area contributed by atoms with E-state index in [0.29, 0.717) is 44.5 Å². The van der Waals surface area contributed by atoms with Crippen LogP contribution in [0.1, 0.15) is 27.7 Å². The number of hydrogen-bond donors (Lipinski definition) is 0. The van der Waals surface area contributed by atoms with E-state index in [1.807, 2.05) is 54.6 Å². The number of anilines is 1. The first-order valence-corrected chi connectivity index (χ1v) is 12.9. The molecule has 38 heavy (non-hydrogen) atoms. The first kappa shape index (κ1) is 24.3. The summed E-state index contributed by atoms with van der Waals surface area (Å²) < 4.78 is 18.1. The van der Waals surface area contributed by atoms with E-state index in [9.17, 15) is 9.59 Å². The summed E-state index contributed by atoms with van der Waals surface area (Å²) in [5.74, 6) is 1.26. The summed E-state index contributed by atoms with van der Waals surface area (Å²) in [4.78, 5) is 29.3. The molecule has 2 heterocycles. The number of nitrogens with zero attached hydrogens (tertiary/aromatic N) is 1. The van der Waals surface area contributed by atoms with E-state index in [1.165, 1.54) is 12.0 Å². The molecule has 0 aliphatic carbocycles. The highest BCUT2D eigenvalue weighted by molar-refractivity contribution is 9.10. The Bertz CT molecular complexity index is 1770. The number of fused-ring (bicyclic) bond motifs is 2. The molecule has 1 aliphatic rings. The van der Waals surface area contributed by atoms with E-state index in [4.69, 9.17) is 25.5 Å². The van der Waals surface area contributed by atoms with Gasteiger partial charge in [0.2, 0.25) is 5.76 Å². The molecule has 0 saturated carbocycles. The number of carbonyl (C=O) groups excluding carboxylic acids is 1. The third-order valence-electron chi connectivity index (χ3n) is 6.40. The SMILES string of the molecule is COc1ccc(N2C(=O)c3oc4ccc(Br)cc4c(=O)c3C2c2cccc(Oc3ccccc3)c2)cc1Cl. The minimum absolute atomic E-state index is 0.00357. The summed E-state index contributed by atoms with van der Waals surface area (Å²) in [6, 6.07) is 26.1. The van der Waals surface area contributed by atoms with Crippen LogP contribution in [0.2, 0.25) is 5.02 Å². The normalized spacial score (nSPS) is 14.6. The van der Waals surface area contributed by atoms with Crippen LogP contribution in [0.3, 0.4) is 0 Å². The van der Waals surface area contributed by atoms with Crippen molar-refractivity contribution in [3.63, 3.8) is 0 Å². The van der Waals surface area contributed by atoms with Crippen LogP contribution in [0.25, 0.3) is 11.0 Å². The van der Waals surface area contributed by atoms with E-state index in [0.717, 1.165) is 4.47 Å². The molecule has 0 fully saturated rings. The molecule has 1 unspecified atom stereocenters. The van der Waals surface area contributed by atoms with Gasteiger partial charge in [0.1, 0.15) is 22.8 Å². The number of para-hydroxylation sites is 1. The Morgan fingerprint density at radius 3 is 2.45 bits per heavy atom. The number of hydrogen-bond acceptors (Lipinski definition) is 5. The highest BCUT2D eigenvalue weighted by atomic mass is 79.9. The van der Waals surface area contributed by atoms with Crippen LogP contribution in [-0.4, -0.2) is 13.0 Å². The van der Waals surface area contributed by atoms with Crippen molar-refractivity contribution >= 4 is 50.1 Å². The Kier molecular flexibility index (Phi) is 6.18. The van der Waals surface area contributed by atoms with Crippen LogP contribution >= 0.6 is 27.5 Å². The maximum absolute atomic E-state index is 13.9. The van der Waals surface area contributed by atoms with Gasteiger partial charge in [0, 0.05) is 10.2 Å². The Labute approximate surface area is 231 Å². The summed E-state index contributed by atoms with van der Waals surface area (Å²) in [7, 11) is 1.52. The minimum Gasteiger partial charge on any atom is -0.495 e. The second-order valence-corrected chi connectivity index (χ2v) is 10.0. The number of benzene rings is 4. The van der Waals surface area contributed by atoms with Crippen LogP contribution in [-0.2, 0) is 0 Å². The number of rotatable bonds is 5. The summed E-state index contributed by atoms with van der Waals surface area (Å²) in [5, 5.41) is 0.712. The predicted octanol–water partition coefficient (Wildman–Crippen LogP) is 7.76. The standard InChI is InChI=1S/C30H19BrClNO5/c1-36-25-13-11-19(16-23(25)32)33-27(17-6-5-9-21(14-17)37-20-7-3-2-4-8-20)26-28(34)22-15-18(31)10-12-24(22)38-29(26)30(33)35/h2-16,27H,1H3. The lowest BCUT2D eigenvalue weighted by Gasteiger charge is -2.26. The molecule has 0 bridgehead atoms. The Balaban J connectivity index is 1.56. The summed E-state index contributed by atoms with van der Waals surface area (Å²) in [5.41, 5.74) is 1.48. The number of amides is 1. The number of methoxy groups -OCH3 is 1. The third-order valence-corrected chi connectivity index (χ3v) is 7.19. The first-order chi connectivity index (χ1) is 18.4. The molecule has 4 aromatic carbocycles. The van der Waals surface area contributed by atoms with Crippen molar-refractivity contribution in [2.45, 2.75) is 6.04 Å². The van der Waals surface area contributed by atoms with Crippen LogP contribution in [0, 0.1) is 0 Å². The zero-order chi connectivity index (χ0) is 26.4. The molecule has 188 valence electrons. The molecule has 8 heteroatoms. The van der Waals surface area contributed by atoms with Crippen molar-refractivity contribution in [1.29, 1.82) is 0 Å². The lowest BCUT2D eigenvalue weighted by atomic mass is 9.98. The molecule has 1 amide bonds. The quantitative estimate of drug-likeness (QED) is 0.210. The minimum atomic E-state index is -0.777. The largest absolute Gasteiger partial charge is 0.495 e. The van der Waals surface area contributed by atoms with Gasteiger partial charge in [-0.2, -0.15) is 0 Å². The summed E-state index contributed by atoms with van der Waals surface area (Å²) in [6.07, 6.45) is 0. The van der Waals surface area contributed by atoms with Gasteiger partial charge < -0.3 is 13.9 Å². The first-order valence-electron chi connectivity index (χ1n) is 11.7. The van der Waals surface area contributed by atoms with Gasteiger partial charge in [0.15, 0.2) is 5.43 Å². The maximum Gasteiger partial charge on any atom is 0.295 e. The molecule has 0 radical (unpaired) electrons. The molecular weight excluding hydrogens is 570 g/mol. The highest BCUT2D eigenvalue weighted by Gasteiger charge is 2.44. The Morgan fingerprint density at radius 2 is 1.68 bits per heavy atom. The van der Waals surface area contributed by atoms with Gasteiger partial charge in [-0.1, -0.05) is 57.9 Å². The van der Waals surface area contributed by atoms with Gasteiger partial charge in [0.25, 0.3) is 5.91 Å². The third kappa shape index (κ3) is 4.14. The second kappa shape index (κ2) is 9.67. The highest BCUT2D eigenvalue weighted by Crippen LogP contribution is 2.43. The fourth-order valence-electron chi connectivity index (χ4n) is 4.70. The van der Waals surface area contributed by atoms with Crippen molar-refractivity contribution in [3.8, 4) is 17.2 Å². The molecule has 1 atom stereocenters. The topological polar surface area (TPSA) is 69.0 Å².